The molecular weight excluding hydrogens is 178 g/mol. The first-order valence-electron chi connectivity index (χ1n) is 3.64. The molecule has 0 saturated carbocycles. The first-order chi connectivity index (χ1) is 5.22. The Morgan fingerprint density at radius 3 is 2.67 bits per heavy atom. The van der Waals surface area contributed by atoms with Crippen LogP contribution in [-0.2, 0) is 6.42 Å². The lowest BCUT2D eigenvalue weighted by atomic mass is 10.2. The largest absolute Gasteiger partial charge is 0.466 e. The lowest BCUT2D eigenvalue weighted by Crippen LogP contribution is -2.26. The molecule has 0 radical (unpaired) electrons. The van der Waals surface area contributed by atoms with Crippen molar-refractivity contribution in [2.45, 2.75) is 19.4 Å². The molecule has 0 bridgehead atoms. The normalized spacial score (nSPS) is 12.2. The molecule has 70 valence electrons. The van der Waals surface area contributed by atoms with Crippen LogP contribution in [0.15, 0.2) is 16.5 Å². The standard InChI is InChI=1S/C8H13NO2.ClH/c1-6-2-3-8(11-6)4-7(9)5-10;/h2-3,7,10H,4-5,9H2,1H3;1H. The SMILES string of the molecule is Cc1ccc(CC(N)CO)o1.Cl. The van der Waals surface area contributed by atoms with Gasteiger partial charge in [-0.1, -0.05) is 0 Å². The van der Waals surface area contributed by atoms with Crippen molar-refractivity contribution >= 4 is 12.4 Å². The average Bonchev–Trinajstić information content (AvgIpc) is 2.35. The molecule has 0 aromatic carbocycles. The van der Waals surface area contributed by atoms with Crippen molar-refractivity contribution in [2.24, 2.45) is 5.73 Å². The van der Waals surface area contributed by atoms with Gasteiger partial charge >= 0.3 is 0 Å². The maximum absolute atomic E-state index is 8.64. The van der Waals surface area contributed by atoms with Crippen LogP contribution in [0, 0.1) is 6.92 Å². The minimum atomic E-state index is -0.208. The van der Waals surface area contributed by atoms with Crippen molar-refractivity contribution in [1.82, 2.24) is 0 Å². The molecule has 1 aromatic rings. The maximum atomic E-state index is 8.64. The van der Waals surface area contributed by atoms with Crippen LogP contribution in [-0.4, -0.2) is 17.8 Å². The summed E-state index contributed by atoms with van der Waals surface area (Å²) < 4.78 is 5.26. The van der Waals surface area contributed by atoms with Gasteiger partial charge in [0, 0.05) is 12.5 Å². The summed E-state index contributed by atoms with van der Waals surface area (Å²) in [6.07, 6.45) is 0.602. The highest BCUT2D eigenvalue weighted by Gasteiger charge is 2.04. The summed E-state index contributed by atoms with van der Waals surface area (Å²) in [5.41, 5.74) is 5.50. The number of nitrogens with two attached hydrogens (primary N) is 1. The minimum absolute atomic E-state index is 0. The van der Waals surface area contributed by atoms with Gasteiger partial charge in [0.05, 0.1) is 6.61 Å². The third-order valence-electron chi connectivity index (χ3n) is 1.49. The second-order valence-electron chi connectivity index (χ2n) is 2.66. The van der Waals surface area contributed by atoms with Crippen molar-refractivity contribution in [3.63, 3.8) is 0 Å². The number of furan rings is 1. The molecular formula is C8H14ClNO2. The Morgan fingerprint density at radius 2 is 2.25 bits per heavy atom. The molecule has 4 heteroatoms. The highest BCUT2D eigenvalue weighted by atomic mass is 35.5. The molecule has 0 saturated heterocycles. The molecule has 1 unspecified atom stereocenters. The fourth-order valence-electron chi connectivity index (χ4n) is 0.918. The first-order valence-corrected chi connectivity index (χ1v) is 3.64. The second-order valence-corrected chi connectivity index (χ2v) is 2.66. The zero-order chi connectivity index (χ0) is 8.27. The molecule has 1 atom stereocenters. The lowest BCUT2D eigenvalue weighted by molar-refractivity contribution is 0.260. The minimum Gasteiger partial charge on any atom is -0.466 e. The summed E-state index contributed by atoms with van der Waals surface area (Å²) in [6.45, 7) is 1.88. The van der Waals surface area contributed by atoms with Crippen molar-refractivity contribution in [2.75, 3.05) is 6.61 Å². The van der Waals surface area contributed by atoms with Gasteiger partial charge in [0.1, 0.15) is 11.5 Å². The Kier molecular flexibility index (Phi) is 4.97. The summed E-state index contributed by atoms with van der Waals surface area (Å²) in [7, 11) is 0. The molecule has 1 heterocycles. The van der Waals surface area contributed by atoms with Crippen molar-refractivity contribution in [1.29, 1.82) is 0 Å². The number of halogens is 1. The number of aryl methyl sites for hydroxylation is 1. The monoisotopic (exact) mass is 191 g/mol. The summed E-state index contributed by atoms with van der Waals surface area (Å²) in [5, 5.41) is 8.64. The van der Waals surface area contributed by atoms with Gasteiger partial charge in [0.15, 0.2) is 0 Å². The van der Waals surface area contributed by atoms with E-state index in [4.69, 9.17) is 15.3 Å². The van der Waals surface area contributed by atoms with Gasteiger partial charge in [-0.2, -0.15) is 0 Å². The third-order valence-corrected chi connectivity index (χ3v) is 1.49. The number of aliphatic hydroxyl groups excluding tert-OH is 1. The Labute approximate surface area is 78.0 Å². The number of hydrogen-bond donors (Lipinski definition) is 2. The highest BCUT2D eigenvalue weighted by Crippen LogP contribution is 2.07. The van der Waals surface area contributed by atoms with Crippen molar-refractivity contribution < 1.29 is 9.52 Å². The molecule has 0 spiro atoms. The van der Waals surface area contributed by atoms with E-state index < -0.39 is 0 Å². The van der Waals surface area contributed by atoms with Crippen LogP contribution < -0.4 is 5.73 Å². The van der Waals surface area contributed by atoms with Crippen molar-refractivity contribution in [3.8, 4) is 0 Å². The molecule has 0 fully saturated rings. The zero-order valence-electron chi connectivity index (χ0n) is 6.99. The first kappa shape index (κ1) is 11.5. The van der Waals surface area contributed by atoms with Gasteiger partial charge in [-0.05, 0) is 19.1 Å². The molecule has 3 N–H and O–H groups in total. The van der Waals surface area contributed by atoms with Crippen LogP contribution in [0.25, 0.3) is 0 Å². The fourth-order valence-corrected chi connectivity index (χ4v) is 0.918. The van der Waals surface area contributed by atoms with E-state index in [2.05, 4.69) is 0 Å². The predicted octanol–water partition coefficient (Wildman–Crippen LogP) is 0.872. The Bertz CT molecular complexity index is 225. The quantitative estimate of drug-likeness (QED) is 0.746. The van der Waals surface area contributed by atoms with Crippen LogP contribution in [0.3, 0.4) is 0 Å². The summed E-state index contributed by atoms with van der Waals surface area (Å²) >= 11 is 0. The smallest absolute Gasteiger partial charge is 0.105 e. The molecule has 0 aliphatic carbocycles. The molecule has 3 nitrogen and oxygen atoms in total. The van der Waals surface area contributed by atoms with Crippen LogP contribution in [0.4, 0.5) is 0 Å². The number of aliphatic hydroxyl groups is 1. The van der Waals surface area contributed by atoms with Gasteiger partial charge < -0.3 is 15.3 Å². The van der Waals surface area contributed by atoms with Gasteiger partial charge in [0.2, 0.25) is 0 Å². The lowest BCUT2D eigenvalue weighted by Gasteiger charge is -2.03. The van der Waals surface area contributed by atoms with Crippen LogP contribution in [0.5, 0.6) is 0 Å². The Balaban J connectivity index is 0.00000121. The summed E-state index contributed by atoms with van der Waals surface area (Å²) in [5.74, 6) is 1.72. The van der Waals surface area contributed by atoms with Crippen LogP contribution in [0.2, 0.25) is 0 Å². The molecule has 1 aromatic heterocycles. The van der Waals surface area contributed by atoms with Gasteiger partial charge in [-0.25, -0.2) is 0 Å². The fraction of sp³-hybridized carbons (Fsp3) is 0.500. The average molecular weight is 192 g/mol. The molecule has 1 rings (SSSR count). The molecule has 0 amide bonds. The van der Waals surface area contributed by atoms with Gasteiger partial charge in [-0.15, -0.1) is 12.4 Å². The summed E-state index contributed by atoms with van der Waals surface area (Å²) in [4.78, 5) is 0. The number of rotatable bonds is 3. The molecule has 0 aliphatic rings. The van der Waals surface area contributed by atoms with E-state index in [-0.39, 0.29) is 25.1 Å². The van der Waals surface area contributed by atoms with E-state index in [1.165, 1.54) is 0 Å². The molecule has 12 heavy (non-hydrogen) atoms. The van der Waals surface area contributed by atoms with E-state index in [1.54, 1.807) is 0 Å². The Morgan fingerprint density at radius 1 is 1.58 bits per heavy atom. The van der Waals surface area contributed by atoms with Gasteiger partial charge in [-0.3, -0.25) is 0 Å². The van der Waals surface area contributed by atoms with Gasteiger partial charge in [0.25, 0.3) is 0 Å². The van der Waals surface area contributed by atoms with E-state index >= 15 is 0 Å². The van der Waals surface area contributed by atoms with Crippen molar-refractivity contribution in [3.05, 3.63) is 23.7 Å². The maximum Gasteiger partial charge on any atom is 0.105 e. The van der Waals surface area contributed by atoms with E-state index in [0.717, 1.165) is 11.5 Å². The zero-order valence-corrected chi connectivity index (χ0v) is 7.80. The predicted molar refractivity (Wildman–Crippen MR) is 49.5 cm³/mol. The Hall–Kier alpha value is -0.510. The van der Waals surface area contributed by atoms with Crippen LogP contribution >= 0.6 is 12.4 Å². The molecule has 0 aliphatic heterocycles. The highest BCUT2D eigenvalue weighted by molar-refractivity contribution is 5.85. The van der Waals surface area contributed by atoms with E-state index in [9.17, 15) is 0 Å². The summed E-state index contributed by atoms with van der Waals surface area (Å²) in [6, 6.07) is 3.56. The third kappa shape index (κ3) is 3.26. The second kappa shape index (κ2) is 5.19. The number of hydrogen-bond acceptors (Lipinski definition) is 3. The van der Waals surface area contributed by atoms with E-state index in [0.29, 0.717) is 6.42 Å². The van der Waals surface area contributed by atoms with Crippen LogP contribution in [0.1, 0.15) is 11.5 Å². The topological polar surface area (TPSA) is 59.4 Å². The van der Waals surface area contributed by atoms with E-state index in [1.807, 2.05) is 19.1 Å².